The van der Waals surface area contributed by atoms with E-state index in [2.05, 4.69) is 10.5 Å². The van der Waals surface area contributed by atoms with Crippen molar-refractivity contribution in [3.05, 3.63) is 0 Å². The summed E-state index contributed by atoms with van der Waals surface area (Å²) in [6, 6.07) is -0.775. The topological polar surface area (TPSA) is 120 Å². The highest BCUT2D eigenvalue weighted by Gasteiger charge is 2.54. The van der Waals surface area contributed by atoms with Crippen LogP contribution in [-0.2, 0) is 19.1 Å². The minimum atomic E-state index is -1.29. The fourth-order valence-electron chi connectivity index (χ4n) is 2.25. The lowest BCUT2D eigenvalue weighted by atomic mass is 9.80. The lowest BCUT2D eigenvalue weighted by Gasteiger charge is -2.22. The Morgan fingerprint density at radius 2 is 2.24 bits per heavy atom. The van der Waals surface area contributed by atoms with Gasteiger partial charge < -0.3 is 15.2 Å². The first kappa shape index (κ1) is 16.9. The zero-order valence-corrected chi connectivity index (χ0v) is 12.5. The average Bonchev–Trinajstić information content (AvgIpc) is 2.69. The molecule has 0 radical (unpaired) electrons. The molecule has 3 N–H and O–H groups in total. The third kappa shape index (κ3) is 4.17. The second-order valence-electron chi connectivity index (χ2n) is 5.05. The van der Waals surface area contributed by atoms with Crippen LogP contribution in [0.2, 0.25) is 0 Å². The van der Waals surface area contributed by atoms with Gasteiger partial charge in [0.1, 0.15) is 6.10 Å². The van der Waals surface area contributed by atoms with Gasteiger partial charge >= 0.3 is 18.0 Å². The van der Waals surface area contributed by atoms with Crippen molar-refractivity contribution in [2.45, 2.75) is 46.1 Å². The Hall–Kier alpha value is -2.12. The number of hydrogen-bond acceptors (Lipinski definition) is 6. The van der Waals surface area contributed by atoms with Gasteiger partial charge in [0, 0.05) is 12.1 Å². The van der Waals surface area contributed by atoms with Crippen LogP contribution < -0.4 is 11.2 Å². The van der Waals surface area contributed by atoms with Gasteiger partial charge in [0.05, 0.1) is 6.61 Å². The van der Waals surface area contributed by atoms with E-state index in [1.54, 1.807) is 20.8 Å². The van der Waals surface area contributed by atoms with Crippen molar-refractivity contribution in [2.24, 2.45) is 16.3 Å². The third-order valence-electron chi connectivity index (χ3n) is 3.27. The molecule has 8 heteroatoms. The van der Waals surface area contributed by atoms with Gasteiger partial charge in [-0.1, -0.05) is 0 Å². The predicted octanol–water partition coefficient (Wildman–Crippen LogP) is 0.696. The fraction of sp³-hybridized carbons (Fsp3) is 0.692. The molecule has 0 bridgehead atoms. The first-order chi connectivity index (χ1) is 9.81. The number of hydrazone groups is 1. The summed E-state index contributed by atoms with van der Waals surface area (Å²) in [5.74, 6) is -1.14. The first-order valence-corrected chi connectivity index (χ1v) is 6.78. The largest absolute Gasteiger partial charge is 0.465 e. The maximum absolute atomic E-state index is 12.1. The molecule has 1 aliphatic rings. The lowest BCUT2D eigenvalue weighted by Crippen LogP contribution is -2.38. The van der Waals surface area contributed by atoms with Gasteiger partial charge in [0.2, 0.25) is 0 Å². The molecule has 0 unspecified atom stereocenters. The minimum absolute atomic E-state index is 0.193. The Labute approximate surface area is 123 Å². The number of urea groups is 1. The van der Waals surface area contributed by atoms with Gasteiger partial charge in [0.15, 0.2) is 5.41 Å². The van der Waals surface area contributed by atoms with Crippen LogP contribution in [0.3, 0.4) is 0 Å². The van der Waals surface area contributed by atoms with Crippen LogP contribution in [0.15, 0.2) is 5.10 Å². The number of ether oxygens (including phenoxy) is 2. The normalized spacial score (nSPS) is 25.4. The number of esters is 2. The number of carbonyl (C=O) groups excluding carboxylic acids is 3. The van der Waals surface area contributed by atoms with E-state index in [-0.39, 0.29) is 25.6 Å². The highest BCUT2D eigenvalue weighted by Crippen LogP contribution is 2.39. The molecule has 0 aromatic heterocycles. The molecule has 2 amide bonds. The van der Waals surface area contributed by atoms with E-state index in [1.807, 2.05) is 0 Å². The van der Waals surface area contributed by atoms with Crippen LogP contribution in [0.4, 0.5) is 4.79 Å². The zero-order chi connectivity index (χ0) is 16.0. The molecule has 0 saturated carbocycles. The standard InChI is InChI=1S/C13H21N3O5/c1-4-20-10(17)13(7-9(3)21-11(13)18)6-5-8(2)15-16-12(14)19/h9H,4-7H2,1-3H3,(H3,14,16,19)/b15-8+/t9-,13-/m0/s1. The van der Waals surface area contributed by atoms with Crippen LogP contribution in [0.5, 0.6) is 0 Å². The number of nitrogens with one attached hydrogen (secondary N) is 1. The number of rotatable bonds is 6. The monoisotopic (exact) mass is 299 g/mol. The Balaban J connectivity index is 2.80. The molecule has 8 nitrogen and oxygen atoms in total. The maximum Gasteiger partial charge on any atom is 0.332 e. The van der Waals surface area contributed by atoms with Crippen LogP contribution in [0.1, 0.15) is 40.0 Å². The van der Waals surface area contributed by atoms with Crippen molar-refractivity contribution in [3.63, 3.8) is 0 Å². The Morgan fingerprint density at radius 3 is 2.71 bits per heavy atom. The summed E-state index contributed by atoms with van der Waals surface area (Å²) in [6.07, 6.45) is 0.496. The summed E-state index contributed by atoms with van der Waals surface area (Å²) in [5, 5.41) is 3.75. The summed E-state index contributed by atoms with van der Waals surface area (Å²) < 4.78 is 10.1. The van der Waals surface area contributed by atoms with Crippen LogP contribution >= 0.6 is 0 Å². The van der Waals surface area contributed by atoms with E-state index in [9.17, 15) is 14.4 Å². The van der Waals surface area contributed by atoms with Crippen molar-refractivity contribution >= 4 is 23.7 Å². The molecule has 0 aliphatic carbocycles. The summed E-state index contributed by atoms with van der Waals surface area (Å²) >= 11 is 0. The molecule has 1 heterocycles. The molecule has 1 fully saturated rings. The maximum atomic E-state index is 12.1. The summed E-state index contributed by atoms with van der Waals surface area (Å²) in [4.78, 5) is 34.8. The van der Waals surface area contributed by atoms with Crippen molar-refractivity contribution in [3.8, 4) is 0 Å². The van der Waals surface area contributed by atoms with Gasteiger partial charge in [-0.05, 0) is 33.6 Å². The highest BCUT2D eigenvalue weighted by molar-refractivity contribution is 6.02. The summed E-state index contributed by atoms with van der Waals surface area (Å²) in [7, 11) is 0. The Morgan fingerprint density at radius 1 is 1.57 bits per heavy atom. The Kier molecular flexibility index (Phi) is 5.69. The second kappa shape index (κ2) is 7.05. The first-order valence-electron chi connectivity index (χ1n) is 6.78. The van der Waals surface area contributed by atoms with Gasteiger partial charge in [0.25, 0.3) is 0 Å². The van der Waals surface area contributed by atoms with E-state index >= 15 is 0 Å². The van der Waals surface area contributed by atoms with Gasteiger partial charge in [-0.2, -0.15) is 5.10 Å². The van der Waals surface area contributed by atoms with Crippen molar-refractivity contribution in [2.75, 3.05) is 6.61 Å². The summed E-state index contributed by atoms with van der Waals surface area (Å²) in [5.41, 5.74) is 6.26. The smallest absolute Gasteiger partial charge is 0.332 e. The fourth-order valence-corrected chi connectivity index (χ4v) is 2.25. The Bertz CT molecular complexity index is 463. The number of amides is 2. The molecule has 1 rings (SSSR count). The molecule has 118 valence electrons. The molecule has 2 atom stereocenters. The van der Waals surface area contributed by atoms with Crippen LogP contribution in [0, 0.1) is 5.41 Å². The van der Waals surface area contributed by atoms with Crippen molar-refractivity contribution in [1.82, 2.24) is 5.43 Å². The van der Waals surface area contributed by atoms with E-state index in [0.717, 1.165) is 0 Å². The van der Waals surface area contributed by atoms with E-state index in [4.69, 9.17) is 15.2 Å². The molecule has 0 spiro atoms. The van der Waals surface area contributed by atoms with Crippen LogP contribution in [-0.4, -0.2) is 36.4 Å². The average molecular weight is 299 g/mol. The lowest BCUT2D eigenvalue weighted by molar-refractivity contribution is -0.165. The van der Waals surface area contributed by atoms with E-state index in [0.29, 0.717) is 12.1 Å². The quantitative estimate of drug-likeness (QED) is 0.323. The number of cyclic esters (lactones) is 1. The van der Waals surface area contributed by atoms with E-state index in [1.165, 1.54) is 0 Å². The van der Waals surface area contributed by atoms with Crippen LogP contribution in [0.25, 0.3) is 0 Å². The third-order valence-corrected chi connectivity index (χ3v) is 3.27. The summed E-state index contributed by atoms with van der Waals surface area (Å²) in [6.45, 7) is 5.27. The predicted molar refractivity (Wildman–Crippen MR) is 74.3 cm³/mol. The molecule has 21 heavy (non-hydrogen) atoms. The number of hydrogen-bond donors (Lipinski definition) is 2. The zero-order valence-electron chi connectivity index (χ0n) is 12.5. The molecular formula is C13H21N3O5. The number of primary amides is 1. The molecular weight excluding hydrogens is 278 g/mol. The molecule has 1 saturated heterocycles. The van der Waals surface area contributed by atoms with Gasteiger partial charge in [-0.3, -0.25) is 9.59 Å². The molecule has 1 aliphatic heterocycles. The SMILES string of the molecule is CCOC(=O)[C@]1(CC/C(C)=N/NC(N)=O)C[C@H](C)OC1=O. The van der Waals surface area contributed by atoms with Gasteiger partial charge in [-0.25, -0.2) is 10.2 Å². The second-order valence-corrected chi connectivity index (χ2v) is 5.05. The number of carbonyl (C=O) groups is 3. The molecule has 0 aromatic rings. The van der Waals surface area contributed by atoms with Crippen molar-refractivity contribution < 1.29 is 23.9 Å². The highest BCUT2D eigenvalue weighted by atomic mass is 16.6. The minimum Gasteiger partial charge on any atom is -0.465 e. The van der Waals surface area contributed by atoms with Crippen molar-refractivity contribution in [1.29, 1.82) is 0 Å². The molecule has 0 aromatic carbocycles. The van der Waals surface area contributed by atoms with Gasteiger partial charge in [-0.15, -0.1) is 0 Å². The number of nitrogens with zero attached hydrogens (tertiary/aromatic N) is 1. The van der Waals surface area contributed by atoms with E-state index < -0.39 is 23.4 Å². The number of nitrogens with two attached hydrogens (primary N) is 1.